The predicted molar refractivity (Wildman–Crippen MR) is 83.7 cm³/mol. The summed E-state index contributed by atoms with van der Waals surface area (Å²) in [6.07, 6.45) is 6.37. The van der Waals surface area contributed by atoms with Gasteiger partial charge in [0.1, 0.15) is 5.76 Å². The standard InChI is InChI=1S/C14H16N6O2.ClH/c1-8-10(17-11(21-8)9-6-16-20(2)7-9)12-18-13(19-22-12)14(15)4-3-5-14;/h6-7H,3-5,15H2,1-2H3;1H. The van der Waals surface area contributed by atoms with Gasteiger partial charge < -0.3 is 14.7 Å². The Balaban J connectivity index is 0.00000156. The molecule has 0 bridgehead atoms. The van der Waals surface area contributed by atoms with Gasteiger partial charge in [0.05, 0.1) is 17.3 Å². The predicted octanol–water partition coefficient (Wildman–Crippen LogP) is 2.19. The highest BCUT2D eigenvalue weighted by molar-refractivity contribution is 5.85. The van der Waals surface area contributed by atoms with Crippen LogP contribution in [-0.2, 0) is 12.6 Å². The molecule has 0 radical (unpaired) electrons. The number of oxazole rings is 1. The van der Waals surface area contributed by atoms with Crippen LogP contribution in [0.25, 0.3) is 23.0 Å². The number of aromatic nitrogens is 5. The molecule has 4 rings (SSSR count). The third-order valence-electron chi connectivity index (χ3n) is 4.07. The van der Waals surface area contributed by atoms with E-state index < -0.39 is 5.54 Å². The van der Waals surface area contributed by atoms with Gasteiger partial charge in [-0.05, 0) is 26.2 Å². The van der Waals surface area contributed by atoms with Crippen LogP contribution < -0.4 is 5.73 Å². The first-order valence-electron chi connectivity index (χ1n) is 7.15. The van der Waals surface area contributed by atoms with E-state index in [2.05, 4.69) is 20.2 Å². The maximum Gasteiger partial charge on any atom is 0.280 e. The minimum atomic E-state index is -0.453. The SMILES string of the molecule is Cc1oc(-c2cnn(C)c2)nc1-c1nc(C2(N)CCC2)no1.Cl. The van der Waals surface area contributed by atoms with Crippen molar-refractivity contribution in [1.29, 1.82) is 0 Å². The van der Waals surface area contributed by atoms with Crippen molar-refractivity contribution in [1.82, 2.24) is 24.9 Å². The molecule has 0 amide bonds. The van der Waals surface area contributed by atoms with Gasteiger partial charge in [-0.3, -0.25) is 4.68 Å². The van der Waals surface area contributed by atoms with Crippen molar-refractivity contribution < 1.29 is 8.94 Å². The van der Waals surface area contributed by atoms with Crippen LogP contribution in [0.4, 0.5) is 0 Å². The molecule has 0 spiro atoms. The van der Waals surface area contributed by atoms with E-state index >= 15 is 0 Å². The van der Waals surface area contributed by atoms with Crippen LogP contribution in [0, 0.1) is 6.92 Å². The van der Waals surface area contributed by atoms with Crippen LogP contribution in [-0.4, -0.2) is 24.9 Å². The first-order chi connectivity index (χ1) is 10.5. The number of nitrogens with two attached hydrogens (primary N) is 1. The maximum absolute atomic E-state index is 6.21. The van der Waals surface area contributed by atoms with Crippen LogP contribution in [0.1, 0.15) is 30.8 Å². The zero-order chi connectivity index (χ0) is 15.3. The van der Waals surface area contributed by atoms with Gasteiger partial charge in [0.2, 0.25) is 5.89 Å². The summed E-state index contributed by atoms with van der Waals surface area (Å²) in [5.74, 6) is 1.97. The normalized spacial score (nSPS) is 16.0. The van der Waals surface area contributed by atoms with E-state index in [1.54, 1.807) is 10.9 Å². The zero-order valence-electron chi connectivity index (χ0n) is 12.8. The highest BCUT2D eigenvalue weighted by Gasteiger charge is 2.39. The van der Waals surface area contributed by atoms with Gasteiger partial charge in [-0.1, -0.05) is 5.16 Å². The second kappa shape index (κ2) is 5.47. The van der Waals surface area contributed by atoms with E-state index in [0.29, 0.717) is 29.1 Å². The molecule has 8 nitrogen and oxygen atoms in total. The monoisotopic (exact) mass is 336 g/mol. The Labute approximate surface area is 138 Å². The number of rotatable bonds is 3. The lowest BCUT2D eigenvalue weighted by molar-refractivity contribution is 0.229. The molecule has 0 aliphatic heterocycles. The quantitative estimate of drug-likeness (QED) is 0.780. The largest absolute Gasteiger partial charge is 0.440 e. The van der Waals surface area contributed by atoms with Crippen LogP contribution in [0.2, 0.25) is 0 Å². The lowest BCUT2D eigenvalue weighted by atomic mass is 9.77. The average molecular weight is 337 g/mol. The molecule has 0 atom stereocenters. The second-order valence-electron chi connectivity index (χ2n) is 5.76. The Morgan fingerprint density at radius 2 is 2.04 bits per heavy atom. The van der Waals surface area contributed by atoms with Crippen molar-refractivity contribution in [3.05, 3.63) is 24.0 Å². The van der Waals surface area contributed by atoms with E-state index in [-0.39, 0.29) is 12.4 Å². The summed E-state index contributed by atoms with van der Waals surface area (Å²) in [7, 11) is 1.84. The summed E-state index contributed by atoms with van der Waals surface area (Å²) in [6.45, 7) is 1.81. The lowest BCUT2D eigenvalue weighted by Gasteiger charge is -2.34. The number of hydrogen-bond acceptors (Lipinski definition) is 7. The van der Waals surface area contributed by atoms with E-state index in [4.69, 9.17) is 14.7 Å². The lowest BCUT2D eigenvalue weighted by Crippen LogP contribution is -2.44. The topological polar surface area (TPSA) is 109 Å². The smallest absolute Gasteiger partial charge is 0.280 e. The Bertz CT molecular complexity index is 832. The molecule has 23 heavy (non-hydrogen) atoms. The van der Waals surface area contributed by atoms with Gasteiger partial charge in [0, 0.05) is 13.2 Å². The van der Waals surface area contributed by atoms with Gasteiger partial charge in [0.15, 0.2) is 11.5 Å². The molecule has 3 heterocycles. The van der Waals surface area contributed by atoms with Crippen LogP contribution in [0.15, 0.2) is 21.3 Å². The number of nitrogens with zero attached hydrogens (tertiary/aromatic N) is 5. The highest BCUT2D eigenvalue weighted by Crippen LogP contribution is 2.38. The number of hydrogen-bond donors (Lipinski definition) is 1. The molecule has 0 saturated heterocycles. The van der Waals surface area contributed by atoms with Crippen molar-refractivity contribution >= 4 is 12.4 Å². The van der Waals surface area contributed by atoms with Crippen molar-refractivity contribution in [2.45, 2.75) is 31.7 Å². The van der Waals surface area contributed by atoms with Gasteiger partial charge in [-0.15, -0.1) is 12.4 Å². The van der Waals surface area contributed by atoms with Crippen LogP contribution in [0.3, 0.4) is 0 Å². The summed E-state index contributed by atoms with van der Waals surface area (Å²) >= 11 is 0. The molecule has 2 N–H and O–H groups in total. The second-order valence-corrected chi connectivity index (χ2v) is 5.76. The van der Waals surface area contributed by atoms with Gasteiger partial charge in [-0.2, -0.15) is 10.1 Å². The van der Waals surface area contributed by atoms with Gasteiger partial charge in [-0.25, -0.2) is 4.98 Å². The third-order valence-corrected chi connectivity index (χ3v) is 4.07. The maximum atomic E-state index is 6.21. The number of aryl methyl sites for hydroxylation is 2. The van der Waals surface area contributed by atoms with Crippen molar-refractivity contribution in [3.8, 4) is 23.0 Å². The Hall–Kier alpha value is -2.19. The average Bonchev–Trinajstić information content (AvgIpc) is 3.15. The van der Waals surface area contributed by atoms with Gasteiger partial charge >= 0.3 is 0 Å². The summed E-state index contributed by atoms with van der Waals surface area (Å²) in [4.78, 5) is 8.85. The molecule has 0 aromatic carbocycles. The van der Waals surface area contributed by atoms with Crippen molar-refractivity contribution in [2.75, 3.05) is 0 Å². The summed E-state index contributed by atoms with van der Waals surface area (Å²) < 4.78 is 12.7. The minimum absolute atomic E-state index is 0. The molecule has 1 saturated carbocycles. The van der Waals surface area contributed by atoms with E-state index in [1.807, 2.05) is 20.2 Å². The number of halogens is 1. The first kappa shape index (κ1) is 15.7. The fourth-order valence-electron chi connectivity index (χ4n) is 2.55. The van der Waals surface area contributed by atoms with Crippen molar-refractivity contribution in [2.24, 2.45) is 12.8 Å². The molecule has 9 heteroatoms. The molecule has 1 aliphatic carbocycles. The van der Waals surface area contributed by atoms with Crippen molar-refractivity contribution in [3.63, 3.8) is 0 Å². The molecule has 0 unspecified atom stereocenters. The Morgan fingerprint density at radius 3 is 2.65 bits per heavy atom. The third kappa shape index (κ3) is 2.53. The van der Waals surface area contributed by atoms with Crippen LogP contribution in [0.5, 0.6) is 0 Å². The Morgan fingerprint density at radius 1 is 1.26 bits per heavy atom. The molecular formula is C14H17ClN6O2. The molecule has 1 aliphatic rings. The Kier molecular flexibility index (Phi) is 3.73. The molecule has 122 valence electrons. The molecular weight excluding hydrogens is 320 g/mol. The fraction of sp³-hybridized carbons (Fsp3) is 0.429. The van der Waals surface area contributed by atoms with E-state index in [1.165, 1.54) is 0 Å². The first-order valence-corrected chi connectivity index (χ1v) is 7.15. The van der Waals surface area contributed by atoms with E-state index in [0.717, 1.165) is 24.8 Å². The molecule has 3 aromatic rings. The molecule has 3 aromatic heterocycles. The fourth-order valence-corrected chi connectivity index (χ4v) is 2.55. The minimum Gasteiger partial charge on any atom is -0.440 e. The van der Waals surface area contributed by atoms with Gasteiger partial charge in [0.25, 0.3) is 5.89 Å². The summed E-state index contributed by atoms with van der Waals surface area (Å²) in [5, 5.41) is 8.11. The summed E-state index contributed by atoms with van der Waals surface area (Å²) in [5.41, 5.74) is 7.10. The van der Waals surface area contributed by atoms with E-state index in [9.17, 15) is 0 Å². The summed E-state index contributed by atoms with van der Waals surface area (Å²) in [6, 6.07) is 0. The zero-order valence-corrected chi connectivity index (χ0v) is 13.6. The van der Waals surface area contributed by atoms with Crippen LogP contribution >= 0.6 is 12.4 Å². The highest BCUT2D eigenvalue weighted by atomic mass is 35.5. The molecule has 1 fully saturated rings.